The van der Waals surface area contributed by atoms with Crippen LogP contribution in [0.5, 0.6) is 5.75 Å². The molecule has 170 valence electrons. The van der Waals surface area contributed by atoms with Crippen molar-refractivity contribution in [2.75, 3.05) is 6.54 Å². The van der Waals surface area contributed by atoms with E-state index in [1.165, 1.54) is 4.31 Å². The molecule has 1 aliphatic rings. The highest BCUT2D eigenvalue weighted by Gasteiger charge is 2.38. The molecule has 5 rings (SSSR count). The Bertz CT molecular complexity index is 1350. The lowest BCUT2D eigenvalue weighted by molar-refractivity contribution is 0.112. The molecular formula is C22H21N5O5S. The van der Waals surface area contributed by atoms with Gasteiger partial charge in [0.25, 0.3) is 15.9 Å². The third kappa shape index (κ3) is 4.24. The van der Waals surface area contributed by atoms with Crippen LogP contribution in [0.1, 0.15) is 47.4 Å². The van der Waals surface area contributed by atoms with Gasteiger partial charge >= 0.3 is 0 Å². The molecule has 1 saturated heterocycles. The molecule has 2 aromatic heterocycles. The molecule has 0 saturated carbocycles. The number of H-pyrrole nitrogens is 1. The molecule has 1 atom stereocenters. The third-order valence-corrected chi connectivity index (χ3v) is 7.27. The van der Waals surface area contributed by atoms with Gasteiger partial charge in [0.15, 0.2) is 12.4 Å². The van der Waals surface area contributed by atoms with Crippen LogP contribution in [0.3, 0.4) is 0 Å². The van der Waals surface area contributed by atoms with Gasteiger partial charge in [0.1, 0.15) is 12.0 Å². The molecule has 1 unspecified atom stereocenters. The van der Waals surface area contributed by atoms with Crippen molar-refractivity contribution in [2.45, 2.75) is 37.1 Å². The van der Waals surface area contributed by atoms with Crippen molar-refractivity contribution < 1.29 is 22.5 Å². The van der Waals surface area contributed by atoms with Crippen LogP contribution in [0, 0.1) is 0 Å². The molecule has 0 radical (unpaired) electrons. The van der Waals surface area contributed by atoms with Gasteiger partial charge in [-0.3, -0.25) is 4.79 Å². The lowest BCUT2D eigenvalue weighted by Gasteiger charge is -2.31. The molecule has 1 fully saturated rings. The number of ether oxygens (including phenoxy) is 1. The molecule has 4 aromatic rings. The van der Waals surface area contributed by atoms with Crippen LogP contribution < -0.4 is 4.74 Å². The number of rotatable bonds is 7. The average molecular weight is 468 g/mol. The largest absolute Gasteiger partial charge is 0.484 e. The summed E-state index contributed by atoms with van der Waals surface area (Å²) in [4.78, 5) is 22.3. The second kappa shape index (κ2) is 8.75. The summed E-state index contributed by atoms with van der Waals surface area (Å²) < 4.78 is 39.1. The van der Waals surface area contributed by atoms with E-state index in [9.17, 15) is 13.2 Å². The van der Waals surface area contributed by atoms with E-state index in [0.29, 0.717) is 41.1 Å². The quantitative estimate of drug-likeness (QED) is 0.410. The van der Waals surface area contributed by atoms with Gasteiger partial charge in [-0.1, -0.05) is 23.7 Å². The summed E-state index contributed by atoms with van der Waals surface area (Å²) >= 11 is 0. The van der Waals surface area contributed by atoms with Crippen LogP contribution in [0.4, 0.5) is 0 Å². The number of imidazole rings is 1. The van der Waals surface area contributed by atoms with Crippen LogP contribution in [0.15, 0.2) is 58.2 Å². The van der Waals surface area contributed by atoms with Crippen molar-refractivity contribution >= 4 is 27.3 Å². The Balaban J connectivity index is 1.35. The van der Waals surface area contributed by atoms with E-state index in [2.05, 4.69) is 20.1 Å². The minimum absolute atomic E-state index is 0.0243. The van der Waals surface area contributed by atoms with Crippen molar-refractivity contribution in [1.29, 1.82) is 0 Å². The van der Waals surface area contributed by atoms with Crippen molar-refractivity contribution in [3.05, 3.63) is 65.8 Å². The number of carbonyl (C=O) groups excluding carboxylic acids is 1. The van der Waals surface area contributed by atoms with Gasteiger partial charge in [-0.15, -0.1) is 0 Å². The van der Waals surface area contributed by atoms with E-state index in [-0.39, 0.29) is 17.7 Å². The molecular weight excluding hydrogens is 446 g/mol. The first-order valence-corrected chi connectivity index (χ1v) is 12.0. The standard InChI is InChI=1S/C22H21N5O5S/c28-13-15-8-10-16(11-9-15)31-14-20-25-21(26-32-20)19-7-3-4-12-27(19)33(29,30)22-23-17-5-1-2-6-18(17)24-22/h1-2,5-6,8-11,13,19H,3-4,7,12,14H2,(H,23,24). The van der Waals surface area contributed by atoms with Gasteiger partial charge in [-0.2, -0.15) is 9.29 Å². The van der Waals surface area contributed by atoms with Crippen LogP contribution in [0.25, 0.3) is 11.0 Å². The average Bonchev–Trinajstić information content (AvgIpc) is 3.51. The zero-order valence-electron chi connectivity index (χ0n) is 17.5. The number of nitrogens with zero attached hydrogens (tertiary/aromatic N) is 4. The van der Waals surface area contributed by atoms with Crippen molar-refractivity contribution in [3.63, 3.8) is 0 Å². The lowest BCUT2D eigenvalue weighted by atomic mass is 10.0. The summed E-state index contributed by atoms with van der Waals surface area (Å²) in [6.07, 6.45) is 2.91. The number of hydrogen-bond acceptors (Lipinski definition) is 8. The fraction of sp³-hybridized carbons (Fsp3) is 0.273. The molecule has 0 bridgehead atoms. The lowest BCUT2D eigenvalue weighted by Crippen LogP contribution is -2.39. The van der Waals surface area contributed by atoms with E-state index in [1.807, 2.05) is 12.1 Å². The normalized spacial score (nSPS) is 17.3. The van der Waals surface area contributed by atoms with Crippen molar-refractivity contribution in [1.82, 2.24) is 24.4 Å². The van der Waals surface area contributed by atoms with E-state index < -0.39 is 16.1 Å². The summed E-state index contributed by atoms with van der Waals surface area (Å²) in [7, 11) is -3.89. The Labute approximate surface area is 189 Å². The van der Waals surface area contributed by atoms with Gasteiger partial charge in [-0.05, 0) is 49.2 Å². The number of aromatic nitrogens is 4. The van der Waals surface area contributed by atoms with E-state index in [1.54, 1.807) is 36.4 Å². The Hall–Kier alpha value is -3.57. The van der Waals surface area contributed by atoms with Crippen LogP contribution in [-0.2, 0) is 16.6 Å². The summed E-state index contributed by atoms with van der Waals surface area (Å²) in [5.74, 6) is 1.08. The summed E-state index contributed by atoms with van der Waals surface area (Å²) in [5, 5.41) is 3.93. The highest BCUT2D eigenvalue weighted by atomic mass is 32.2. The maximum Gasteiger partial charge on any atom is 0.277 e. The van der Waals surface area contributed by atoms with Gasteiger partial charge in [0.05, 0.1) is 17.1 Å². The number of sulfonamides is 1. The minimum atomic E-state index is -3.89. The zero-order valence-corrected chi connectivity index (χ0v) is 18.4. The molecule has 3 heterocycles. The number of para-hydroxylation sites is 2. The number of benzene rings is 2. The molecule has 0 aliphatic carbocycles. The van der Waals surface area contributed by atoms with E-state index in [0.717, 1.165) is 19.1 Å². The van der Waals surface area contributed by atoms with Crippen LogP contribution >= 0.6 is 0 Å². The summed E-state index contributed by atoms with van der Waals surface area (Å²) in [6.45, 7) is 0.365. The number of hydrogen-bond donors (Lipinski definition) is 1. The molecule has 2 aromatic carbocycles. The first-order chi connectivity index (χ1) is 16.0. The number of fused-ring (bicyclic) bond motifs is 1. The SMILES string of the molecule is O=Cc1ccc(OCc2nc(C3CCCCN3S(=O)(=O)c3nc4ccccc4[nH]3)no2)cc1. The Kier molecular flexibility index (Phi) is 5.65. The topological polar surface area (TPSA) is 131 Å². The Morgan fingerprint density at radius 1 is 1.12 bits per heavy atom. The highest BCUT2D eigenvalue weighted by Crippen LogP contribution is 2.34. The molecule has 0 amide bonds. The fourth-order valence-electron chi connectivity index (χ4n) is 3.86. The molecule has 0 spiro atoms. The van der Waals surface area contributed by atoms with Crippen molar-refractivity contribution in [3.8, 4) is 5.75 Å². The van der Waals surface area contributed by atoms with E-state index in [4.69, 9.17) is 9.26 Å². The maximum atomic E-state index is 13.4. The minimum Gasteiger partial charge on any atom is -0.484 e. The number of nitrogens with one attached hydrogen (secondary N) is 1. The van der Waals surface area contributed by atoms with Gasteiger partial charge in [-0.25, -0.2) is 13.4 Å². The monoisotopic (exact) mass is 467 g/mol. The molecule has 33 heavy (non-hydrogen) atoms. The van der Waals surface area contributed by atoms with Gasteiger partial charge in [0, 0.05) is 12.1 Å². The molecule has 1 aliphatic heterocycles. The summed E-state index contributed by atoms with van der Waals surface area (Å²) in [6, 6.07) is 13.2. The zero-order chi connectivity index (χ0) is 22.8. The summed E-state index contributed by atoms with van der Waals surface area (Å²) in [5.41, 5.74) is 1.79. The first kappa shape index (κ1) is 21.3. The Morgan fingerprint density at radius 3 is 2.73 bits per heavy atom. The first-order valence-electron chi connectivity index (χ1n) is 10.5. The van der Waals surface area contributed by atoms with Crippen LogP contribution in [-0.4, -0.2) is 45.7 Å². The second-order valence-electron chi connectivity index (χ2n) is 7.71. The highest BCUT2D eigenvalue weighted by molar-refractivity contribution is 7.89. The number of piperidine rings is 1. The van der Waals surface area contributed by atoms with Gasteiger partial charge < -0.3 is 14.2 Å². The molecule has 10 nitrogen and oxygen atoms in total. The predicted molar refractivity (Wildman–Crippen MR) is 117 cm³/mol. The predicted octanol–water partition coefficient (Wildman–Crippen LogP) is 3.25. The van der Waals surface area contributed by atoms with Crippen molar-refractivity contribution in [2.24, 2.45) is 0 Å². The van der Waals surface area contributed by atoms with Crippen LogP contribution in [0.2, 0.25) is 0 Å². The second-order valence-corrected chi connectivity index (χ2v) is 9.51. The molecule has 1 N–H and O–H groups in total. The number of aldehydes is 1. The number of carbonyl (C=O) groups is 1. The third-order valence-electron chi connectivity index (χ3n) is 5.53. The smallest absolute Gasteiger partial charge is 0.277 e. The van der Waals surface area contributed by atoms with E-state index >= 15 is 0 Å². The fourth-order valence-corrected chi connectivity index (χ4v) is 5.44. The maximum absolute atomic E-state index is 13.4. The molecule has 11 heteroatoms. The Morgan fingerprint density at radius 2 is 1.94 bits per heavy atom. The van der Waals surface area contributed by atoms with Gasteiger partial charge in [0.2, 0.25) is 5.16 Å². The number of aromatic amines is 1.